The average molecular weight is 457 g/mol. The molecule has 1 saturated heterocycles. The molecule has 0 amide bonds. The molecule has 1 heterocycles. The predicted octanol–water partition coefficient (Wildman–Crippen LogP) is 4.38. The fraction of sp³-hybridized carbons (Fsp3) is 0.462. The Balaban J connectivity index is 1.91. The van der Waals surface area contributed by atoms with Gasteiger partial charge in [0.1, 0.15) is 11.5 Å². The normalized spacial score (nSPS) is 23.0. The second kappa shape index (κ2) is 9.63. The van der Waals surface area contributed by atoms with Gasteiger partial charge in [-0.3, -0.25) is 0 Å². The van der Waals surface area contributed by atoms with Gasteiger partial charge in [-0.25, -0.2) is 29.1 Å². The van der Waals surface area contributed by atoms with Crippen LogP contribution in [-0.4, -0.2) is 29.3 Å². The van der Waals surface area contributed by atoms with Crippen molar-refractivity contribution in [3.63, 3.8) is 0 Å². The van der Waals surface area contributed by atoms with Crippen LogP contribution in [-0.2, 0) is 40.2 Å². The van der Waals surface area contributed by atoms with Gasteiger partial charge in [-0.15, -0.1) is 0 Å². The van der Waals surface area contributed by atoms with Crippen molar-refractivity contribution < 1.29 is 34.2 Å². The number of rotatable bonds is 8. The van der Waals surface area contributed by atoms with Gasteiger partial charge in [-0.05, 0) is 37.7 Å². The van der Waals surface area contributed by atoms with Gasteiger partial charge in [0.05, 0.1) is 6.10 Å². The molecule has 0 aliphatic carbocycles. The molecule has 33 heavy (non-hydrogen) atoms. The van der Waals surface area contributed by atoms with Crippen molar-refractivity contribution in [2.75, 3.05) is 0 Å². The SMILES string of the molecule is CCC(C(=O)OOC(=O)C1(c2ccccc2)OOC1C)(c1ccccc1)C(C)(C)CC(C)O. The molecule has 0 aromatic heterocycles. The first kappa shape index (κ1) is 24.9. The fourth-order valence-corrected chi connectivity index (χ4v) is 4.98. The van der Waals surface area contributed by atoms with Crippen molar-refractivity contribution >= 4 is 11.9 Å². The molecule has 0 bridgehead atoms. The van der Waals surface area contributed by atoms with E-state index in [2.05, 4.69) is 0 Å². The summed E-state index contributed by atoms with van der Waals surface area (Å²) >= 11 is 0. The standard InChI is InChI=1S/C26H32O7/c1-6-25(20-13-9-7-10-14-20,24(4,5)17-18(2)27)22(28)31-32-23(29)26(19(3)30-33-26)21-15-11-8-12-16-21/h7-16,18-19,27H,6,17H2,1-5H3. The predicted molar refractivity (Wildman–Crippen MR) is 120 cm³/mol. The molecule has 0 radical (unpaired) electrons. The van der Waals surface area contributed by atoms with E-state index >= 15 is 0 Å². The number of aliphatic hydroxyl groups is 1. The molecule has 1 aliphatic heterocycles. The molecule has 7 nitrogen and oxygen atoms in total. The van der Waals surface area contributed by atoms with Crippen molar-refractivity contribution in [1.82, 2.24) is 0 Å². The summed E-state index contributed by atoms with van der Waals surface area (Å²) in [6, 6.07) is 18.0. The van der Waals surface area contributed by atoms with E-state index in [4.69, 9.17) is 19.6 Å². The maximum Gasteiger partial charge on any atom is 0.397 e. The Kier molecular flexibility index (Phi) is 7.26. The summed E-state index contributed by atoms with van der Waals surface area (Å²) in [5.74, 6) is -1.60. The molecule has 2 aromatic rings. The van der Waals surface area contributed by atoms with Gasteiger partial charge < -0.3 is 5.11 Å². The molecular formula is C26H32O7. The largest absolute Gasteiger partial charge is 0.397 e. The number of carbonyl (C=O) groups is 2. The fourth-order valence-electron chi connectivity index (χ4n) is 4.98. The lowest BCUT2D eigenvalue weighted by molar-refractivity contribution is -0.504. The molecule has 4 atom stereocenters. The van der Waals surface area contributed by atoms with E-state index in [1.807, 2.05) is 57.2 Å². The van der Waals surface area contributed by atoms with Crippen molar-refractivity contribution in [2.45, 2.75) is 70.7 Å². The zero-order valence-corrected chi connectivity index (χ0v) is 19.7. The second-order valence-electron chi connectivity index (χ2n) is 9.23. The van der Waals surface area contributed by atoms with Crippen molar-refractivity contribution in [2.24, 2.45) is 5.41 Å². The van der Waals surface area contributed by atoms with E-state index in [1.54, 1.807) is 38.1 Å². The Morgan fingerprint density at radius 2 is 1.64 bits per heavy atom. The Morgan fingerprint density at radius 3 is 2.09 bits per heavy atom. The van der Waals surface area contributed by atoms with E-state index in [1.165, 1.54) is 0 Å². The quantitative estimate of drug-likeness (QED) is 0.466. The van der Waals surface area contributed by atoms with Gasteiger partial charge >= 0.3 is 11.9 Å². The third-order valence-electron chi connectivity index (χ3n) is 6.70. The zero-order chi connectivity index (χ0) is 24.3. The highest BCUT2D eigenvalue weighted by Crippen LogP contribution is 2.49. The summed E-state index contributed by atoms with van der Waals surface area (Å²) in [5.41, 5.74) is -2.18. The highest BCUT2D eigenvalue weighted by atomic mass is 17.3. The van der Waals surface area contributed by atoms with Crippen molar-refractivity contribution in [3.05, 3.63) is 71.8 Å². The van der Waals surface area contributed by atoms with Gasteiger partial charge in [0.25, 0.3) is 5.60 Å². The van der Waals surface area contributed by atoms with E-state index in [9.17, 15) is 14.7 Å². The van der Waals surface area contributed by atoms with Crippen LogP contribution < -0.4 is 0 Å². The minimum Gasteiger partial charge on any atom is -0.393 e. The zero-order valence-electron chi connectivity index (χ0n) is 19.7. The van der Waals surface area contributed by atoms with Gasteiger partial charge in [-0.1, -0.05) is 81.4 Å². The smallest absolute Gasteiger partial charge is 0.393 e. The third-order valence-corrected chi connectivity index (χ3v) is 6.70. The van der Waals surface area contributed by atoms with Gasteiger partial charge in [-0.2, -0.15) is 0 Å². The van der Waals surface area contributed by atoms with Gasteiger partial charge in [0.2, 0.25) is 0 Å². The minimum atomic E-state index is -1.53. The van der Waals surface area contributed by atoms with Gasteiger partial charge in [0, 0.05) is 5.56 Å². The molecule has 2 aromatic carbocycles. The lowest BCUT2D eigenvalue weighted by atomic mass is 9.58. The number of hydrogen-bond acceptors (Lipinski definition) is 7. The molecule has 0 saturated carbocycles. The van der Waals surface area contributed by atoms with E-state index in [0.29, 0.717) is 24.0 Å². The second-order valence-corrected chi connectivity index (χ2v) is 9.23. The van der Waals surface area contributed by atoms with Crippen LogP contribution in [0.2, 0.25) is 0 Å². The maximum atomic E-state index is 13.6. The summed E-state index contributed by atoms with van der Waals surface area (Å²) in [6.45, 7) is 9.02. The monoisotopic (exact) mass is 456 g/mol. The van der Waals surface area contributed by atoms with Crippen LogP contribution in [0.15, 0.2) is 60.7 Å². The Labute approximate surface area is 194 Å². The van der Waals surface area contributed by atoms with Crippen molar-refractivity contribution in [1.29, 1.82) is 0 Å². The molecule has 3 rings (SSSR count). The first-order valence-electron chi connectivity index (χ1n) is 11.2. The summed E-state index contributed by atoms with van der Waals surface area (Å²) in [6.07, 6.45) is -0.580. The molecular weight excluding hydrogens is 424 g/mol. The van der Waals surface area contributed by atoms with Crippen LogP contribution >= 0.6 is 0 Å². The van der Waals surface area contributed by atoms with Crippen LogP contribution in [0.3, 0.4) is 0 Å². The Morgan fingerprint density at radius 1 is 1.06 bits per heavy atom. The van der Waals surface area contributed by atoms with E-state index in [0.717, 1.165) is 0 Å². The van der Waals surface area contributed by atoms with Crippen LogP contribution in [0.5, 0.6) is 0 Å². The van der Waals surface area contributed by atoms with Crippen LogP contribution in [0.25, 0.3) is 0 Å². The van der Waals surface area contributed by atoms with Crippen LogP contribution in [0.1, 0.15) is 58.6 Å². The number of aliphatic hydroxyl groups excluding tert-OH is 1. The number of carbonyl (C=O) groups excluding carboxylic acids is 2. The Bertz CT molecular complexity index is 957. The lowest BCUT2D eigenvalue weighted by Crippen LogP contribution is -2.58. The van der Waals surface area contributed by atoms with E-state index in [-0.39, 0.29) is 0 Å². The van der Waals surface area contributed by atoms with Crippen molar-refractivity contribution in [3.8, 4) is 0 Å². The van der Waals surface area contributed by atoms with Crippen LogP contribution in [0.4, 0.5) is 0 Å². The number of hydrogen-bond donors (Lipinski definition) is 1. The van der Waals surface area contributed by atoms with E-state index < -0.39 is 40.6 Å². The summed E-state index contributed by atoms with van der Waals surface area (Å²) < 4.78 is 0. The Hall–Kier alpha value is -2.74. The topological polar surface area (TPSA) is 91.3 Å². The molecule has 7 heteroatoms. The van der Waals surface area contributed by atoms with Gasteiger partial charge in [0.15, 0.2) is 0 Å². The molecule has 0 spiro atoms. The summed E-state index contributed by atoms with van der Waals surface area (Å²) in [5, 5.41) is 10.1. The first-order chi connectivity index (χ1) is 15.6. The average Bonchev–Trinajstić information content (AvgIpc) is 2.78. The molecule has 1 N–H and O–H groups in total. The highest BCUT2D eigenvalue weighted by Gasteiger charge is 2.60. The third kappa shape index (κ3) is 4.28. The number of benzene rings is 2. The minimum absolute atomic E-state index is 0.334. The highest BCUT2D eigenvalue weighted by molar-refractivity contribution is 5.86. The molecule has 1 aliphatic rings. The van der Waals surface area contributed by atoms with Crippen LogP contribution in [0, 0.1) is 5.41 Å². The molecule has 1 fully saturated rings. The molecule has 4 unspecified atom stereocenters. The summed E-state index contributed by atoms with van der Waals surface area (Å²) in [7, 11) is 0. The maximum absolute atomic E-state index is 13.6. The lowest BCUT2D eigenvalue weighted by Gasteiger charge is -2.45. The molecule has 178 valence electrons. The first-order valence-corrected chi connectivity index (χ1v) is 11.2. The summed E-state index contributed by atoms with van der Waals surface area (Å²) in [4.78, 5) is 47.3.